The first-order chi connectivity index (χ1) is 6.97. The predicted molar refractivity (Wildman–Crippen MR) is 56.5 cm³/mol. The Balaban J connectivity index is 2.65. The number of aliphatic hydroxyl groups excluding tert-OH is 4. The molecule has 1 aliphatic heterocycles. The molecule has 0 aromatic carbocycles. The Morgan fingerprint density at radius 3 is 2.20 bits per heavy atom. The Labute approximate surface area is 93.1 Å². The van der Waals surface area contributed by atoms with Crippen molar-refractivity contribution in [2.24, 2.45) is 0 Å². The van der Waals surface area contributed by atoms with Crippen LogP contribution in [0, 0.1) is 0 Å². The van der Waals surface area contributed by atoms with E-state index in [2.05, 4.69) is 0 Å². The van der Waals surface area contributed by atoms with Crippen LogP contribution in [0.1, 0.15) is 13.8 Å². The van der Waals surface area contributed by atoms with E-state index in [1.165, 1.54) is 11.8 Å². The second kappa shape index (κ2) is 5.47. The number of hydrogen-bond donors (Lipinski definition) is 4. The van der Waals surface area contributed by atoms with E-state index in [-0.39, 0.29) is 11.9 Å². The summed E-state index contributed by atoms with van der Waals surface area (Å²) in [5.74, 6) is 0. The van der Waals surface area contributed by atoms with E-state index in [1.54, 1.807) is 0 Å². The molecule has 1 fully saturated rings. The molecule has 15 heavy (non-hydrogen) atoms. The first-order valence-corrected chi connectivity index (χ1v) is 5.87. The fraction of sp³-hybridized carbons (Fsp3) is 1.00. The van der Waals surface area contributed by atoms with E-state index >= 15 is 0 Å². The highest BCUT2D eigenvalue weighted by molar-refractivity contribution is 8.00. The van der Waals surface area contributed by atoms with E-state index in [4.69, 9.17) is 9.84 Å². The summed E-state index contributed by atoms with van der Waals surface area (Å²) in [5.41, 5.74) is -0.611. The predicted octanol–water partition coefficient (Wildman–Crippen LogP) is -1.07. The van der Waals surface area contributed by atoms with Crippen molar-refractivity contribution in [1.29, 1.82) is 0 Å². The molecule has 6 heteroatoms. The van der Waals surface area contributed by atoms with E-state index in [1.807, 2.05) is 13.8 Å². The third-order valence-electron chi connectivity index (χ3n) is 2.25. The summed E-state index contributed by atoms with van der Waals surface area (Å²) in [6.45, 7) is 3.50. The molecule has 0 unspecified atom stereocenters. The van der Waals surface area contributed by atoms with Crippen LogP contribution in [0.4, 0.5) is 0 Å². The van der Waals surface area contributed by atoms with Crippen LogP contribution in [0.2, 0.25) is 0 Å². The fourth-order valence-electron chi connectivity index (χ4n) is 1.45. The molecule has 0 radical (unpaired) electrons. The third-order valence-corrected chi connectivity index (χ3v) is 3.46. The molecule has 1 heterocycles. The number of aliphatic hydroxyl groups is 4. The van der Waals surface area contributed by atoms with Gasteiger partial charge in [0.25, 0.3) is 0 Å². The monoisotopic (exact) mass is 238 g/mol. The van der Waals surface area contributed by atoms with Gasteiger partial charge in [0.05, 0.1) is 6.61 Å². The van der Waals surface area contributed by atoms with Gasteiger partial charge < -0.3 is 25.2 Å². The molecule has 1 aliphatic rings. The lowest BCUT2D eigenvalue weighted by Crippen LogP contribution is -2.57. The zero-order chi connectivity index (χ0) is 11.6. The van der Waals surface area contributed by atoms with Crippen molar-refractivity contribution in [3.8, 4) is 0 Å². The maximum absolute atomic E-state index is 9.63. The van der Waals surface area contributed by atoms with Crippen LogP contribution in [0.5, 0.6) is 0 Å². The van der Waals surface area contributed by atoms with Gasteiger partial charge in [0.15, 0.2) is 0 Å². The molecule has 5 nitrogen and oxygen atoms in total. The van der Waals surface area contributed by atoms with Crippen molar-refractivity contribution in [2.75, 3.05) is 6.61 Å². The lowest BCUT2D eigenvalue weighted by atomic mass is 10.0. The van der Waals surface area contributed by atoms with Crippen LogP contribution in [-0.4, -0.2) is 62.1 Å². The molecule has 0 aromatic rings. The summed E-state index contributed by atoms with van der Waals surface area (Å²) in [7, 11) is 0. The molecule has 1 saturated heterocycles. The topological polar surface area (TPSA) is 90.2 Å². The van der Waals surface area contributed by atoms with Gasteiger partial charge in [0, 0.05) is 5.25 Å². The Morgan fingerprint density at radius 2 is 1.73 bits per heavy atom. The van der Waals surface area contributed by atoms with Gasteiger partial charge in [-0.1, -0.05) is 13.8 Å². The minimum absolute atomic E-state index is 0.228. The van der Waals surface area contributed by atoms with Crippen molar-refractivity contribution < 1.29 is 25.2 Å². The number of thioether (sulfide) groups is 1. The Morgan fingerprint density at radius 1 is 1.13 bits per heavy atom. The van der Waals surface area contributed by atoms with Gasteiger partial charge in [-0.2, -0.15) is 0 Å². The fourth-order valence-corrected chi connectivity index (χ4v) is 2.51. The van der Waals surface area contributed by atoms with Gasteiger partial charge in [0.2, 0.25) is 0 Å². The van der Waals surface area contributed by atoms with Gasteiger partial charge in [-0.05, 0) is 0 Å². The van der Waals surface area contributed by atoms with Crippen LogP contribution in [-0.2, 0) is 4.74 Å². The smallest absolute Gasteiger partial charge is 0.132 e. The average Bonchev–Trinajstić information content (AvgIpc) is 2.18. The maximum Gasteiger partial charge on any atom is 0.132 e. The molecular formula is C9H18O5S. The molecule has 0 aliphatic carbocycles. The molecule has 5 atom stereocenters. The van der Waals surface area contributed by atoms with E-state index in [0.29, 0.717) is 0 Å². The first-order valence-electron chi connectivity index (χ1n) is 4.93. The Bertz CT molecular complexity index is 199. The van der Waals surface area contributed by atoms with Crippen molar-refractivity contribution >= 4 is 11.8 Å². The molecule has 4 N–H and O–H groups in total. The van der Waals surface area contributed by atoms with Gasteiger partial charge >= 0.3 is 0 Å². The van der Waals surface area contributed by atoms with E-state index in [0.717, 1.165) is 0 Å². The second-order valence-electron chi connectivity index (χ2n) is 3.88. The summed E-state index contributed by atoms with van der Waals surface area (Å²) >= 11 is 1.35. The number of hydrogen-bond acceptors (Lipinski definition) is 6. The van der Waals surface area contributed by atoms with Gasteiger partial charge in [0.1, 0.15) is 29.9 Å². The first kappa shape index (κ1) is 13.2. The Kier molecular flexibility index (Phi) is 4.82. The van der Waals surface area contributed by atoms with Gasteiger partial charge in [-0.3, -0.25) is 0 Å². The van der Waals surface area contributed by atoms with Crippen molar-refractivity contribution in [3.05, 3.63) is 0 Å². The minimum atomic E-state index is -1.27. The SMILES string of the molecule is CC(C)S[C@@H]1O[C@@H](CO)[C@H](O)[C@H](O)[C@@H]1O. The van der Waals surface area contributed by atoms with Crippen LogP contribution in [0.25, 0.3) is 0 Å². The zero-order valence-electron chi connectivity index (χ0n) is 8.78. The molecule has 90 valence electrons. The average molecular weight is 238 g/mol. The van der Waals surface area contributed by atoms with E-state index in [9.17, 15) is 15.3 Å². The van der Waals surface area contributed by atoms with Gasteiger partial charge in [-0.25, -0.2) is 0 Å². The zero-order valence-corrected chi connectivity index (χ0v) is 9.59. The van der Waals surface area contributed by atoms with E-state index < -0.39 is 29.9 Å². The lowest BCUT2D eigenvalue weighted by molar-refractivity contribution is -0.205. The molecule has 0 saturated carbocycles. The highest BCUT2D eigenvalue weighted by Crippen LogP contribution is 2.30. The standard InChI is InChI=1S/C9H18O5S/c1-4(2)15-9-8(13)7(12)6(11)5(3-10)14-9/h4-13H,3H2,1-2H3/t5-,6-,7-,8-,9-/m0/s1. The number of rotatable bonds is 3. The summed E-state index contributed by atoms with van der Waals surface area (Å²) in [4.78, 5) is 0. The summed E-state index contributed by atoms with van der Waals surface area (Å²) in [5, 5.41) is 37.8. The second-order valence-corrected chi connectivity index (χ2v) is 5.56. The van der Waals surface area contributed by atoms with Crippen LogP contribution < -0.4 is 0 Å². The van der Waals surface area contributed by atoms with Crippen LogP contribution in [0.15, 0.2) is 0 Å². The van der Waals surface area contributed by atoms with Crippen molar-refractivity contribution in [1.82, 2.24) is 0 Å². The van der Waals surface area contributed by atoms with Crippen LogP contribution >= 0.6 is 11.8 Å². The highest BCUT2D eigenvalue weighted by Gasteiger charge is 2.43. The molecule has 0 bridgehead atoms. The Hall–Kier alpha value is 0.150. The molecule has 0 aromatic heterocycles. The third kappa shape index (κ3) is 3.05. The highest BCUT2D eigenvalue weighted by atomic mass is 32.2. The normalized spacial score (nSPS) is 42.2. The molecule has 0 amide bonds. The van der Waals surface area contributed by atoms with Crippen molar-refractivity contribution in [3.63, 3.8) is 0 Å². The molecule has 0 spiro atoms. The van der Waals surface area contributed by atoms with Crippen LogP contribution in [0.3, 0.4) is 0 Å². The quantitative estimate of drug-likeness (QED) is 0.500. The van der Waals surface area contributed by atoms with Crippen molar-refractivity contribution in [2.45, 2.75) is 48.9 Å². The summed E-state index contributed by atoms with van der Waals surface area (Å²) < 4.78 is 5.29. The molecular weight excluding hydrogens is 220 g/mol. The molecule has 1 rings (SSSR count). The number of ether oxygens (including phenoxy) is 1. The summed E-state index contributed by atoms with van der Waals surface area (Å²) in [6.07, 6.45) is -4.48. The summed E-state index contributed by atoms with van der Waals surface area (Å²) in [6, 6.07) is 0. The van der Waals surface area contributed by atoms with Gasteiger partial charge in [-0.15, -0.1) is 11.8 Å². The largest absolute Gasteiger partial charge is 0.394 e. The lowest BCUT2D eigenvalue weighted by Gasteiger charge is -2.40. The maximum atomic E-state index is 9.63. The minimum Gasteiger partial charge on any atom is -0.394 e.